The number of hydrogen-bond acceptors (Lipinski definition) is 5. The number of hydrogen-bond donors (Lipinski definition) is 0. The van der Waals surface area contributed by atoms with Gasteiger partial charge in [0, 0.05) is 49.4 Å². The van der Waals surface area contributed by atoms with Gasteiger partial charge in [0.05, 0.1) is 39.5 Å². The number of fused-ring (bicyclic) bond motifs is 19. The molecular weight excluding hydrogens is 1170 g/mol. The van der Waals surface area contributed by atoms with Crippen molar-refractivity contribution >= 4 is 117 Å². The molecule has 0 bridgehead atoms. The first-order chi connectivity index (χ1) is 47.3. The van der Waals surface area contributed by atoms with Crippen LogP contribution in [0.4, 0.5) is 51.2 Å². The third-order valence-electron chi connectivity index (χ3n) is 22.5. The van der Waals surface area contributed by atoms with E-state index in [1.807, 2.05) is 0 Å². The van der Waals surface area contributed by atoms with E-state index in [-0.39, 0.29) is 0 Å². The summed E-state index contributed by atoms with van der Waals surface area (Å²) in [5.74, 6) is 0.948. The summed E-state index contributed by atoms with van der Waals surface area (Å²) >= 11 is 0. The zero-order valence-electron chi connectivity index (χ0n) is 55.1. The van der Waals surface area contributed by atoms with Gasteiger partial charge in [-0.2, -0.15) is 0 Å². The van der Waals surface area contributed by atoms with Gasteiger partial charge in [0.25, 0.3) is 0 Å². The zero-order valence-corrected chi connectivity index (χ0v) is 55.1. The van der Waals surface area contributed by atoms with Crippen LogP contribution in [0, 0.1) is 27.7 Å². The fourth-order valence-electron chi connectivity index (χ4n) is 18.4. The Kier molecular flexibility index (Phi) is 13.2. The first kappa shape index (κ1) is 56.9. The molecule has 13 aromatic carbocycles. The number of furan rings is 2. The number of benzene rings is 13. The van der Waals surface area contributed by atoms with Crippen LogP contribution >= 0.6 is 0 Å². The van der Waals surface area contributed by atoms with Crippen molar-refractivity contribution in [3.05, 3.63) is 304 Å². The molecule has 5 heteroatoms. The van der Waals surface area contributed by atoms with Gasteiger partial charge in [0.15, 0.2) is 11.2 Å². The minimum absolute atomic E-state index is 0.474. The van der Waals surface area contributed by atoms with Crippen LogP contribution in [0.15, 0.2) is 258 Å². The highest BCUT2D eigenvalue weighted by Gasteiger charge is 2.54. The third kappa shape index (κ3) is 8.41. The minimum Gasteiger partial charge on any atom is -0.454 e. The maximum Gasteiger partial charge on any atom is 0.159 e. The van der Waals surface area contributed by atoms with Crippen LogP contribution in [-0.2, 0) is 5.41 Å². The van der Waals surface area contributed by atoms with Crippen molar-refractivity contribution < 1.29 is 8.83 Å². The average molecular weight is 1240 g/mol. The lowest BCUT2D eigenvalue weighted by Gasteiger charge is -2.45. The molecule has 466 valence electrons. The van der Waals surface area contributed by atoms with Crippen LogP contribution in [0.25, 0.3) is 76.5 Å². The fraction of sp³-hybridized carbons (Fsp3) is 0.187. The Hall–Kier alpha value is -10.6. The molecule has 1 spiro atoms. The highest BCUT2D eigenvalue weighted by molar-refractivity contribution is 6.21. The quantitative estimate of drug-likeness (QED) is 0.144. The van der Waals surface area contributed by atoms with Crippen LogP contribution in [0.1, 0.15) is 132 Å². The van der Waals surface area contributed by atoms with Crippen LogP contribution in [0.5, 0.6) is 0 Å². The summed E-state index contributed by atoms with van der Waals surface area (Å²) in [7, 11) is 0. The average Bonchev–Trinajstić information content (AvgIpc) is 1.48. The fourth-order valence-corrected chi connectivity index (χ4v) is 18.4. The standard InChI is InChI=1S/C91H75N3O2/c1-56-48-50-77(58(3)52-56)93(81-46-24-40-71-69-38-22-36-63(87(69)95-89(71)81)60-26-8-5-9-27-60)83-54-75-85(67-34-16-14-32-65(67)83)86-68-35-17-15-33-66(68)84(55-76(86)91(75)73-42-18-20-44-79(73)92(62-30-12-7-13-31-62)80-45-21-19-43-74(80)91)94(78-51-49-57(2)53-59(78)4)82-47-25-41-72-70-39-23-37-64(88(70)96-90(72)82)61-28-10-6-11-29-61/h7,12-25,30-55,60-61H,5-6,8-11,26-29H2,1-4H3. The Morgan fingerprint density at radius 1 is 0.312 bits per heavy atom. The van der Waals surface area contributed by atoms with Crippen LogP contribution in [-0.4, -0.2) is 0 Å². The zero-order chi connectivity index (χ0) is 63.9. The van der Waals surface area contributed by atoms with Crippen LogP contribution in [0.2, 0.25) is 0 Å². The van der Waals surface area contributed by atoms with Crippen molar-refractivity contribution in [3.8, 4) is 11.1 Å². The lowest BCUT2D eigenvalue weighted by Crippen LogP contribution is -2.36. The van der Waals surface area contributed by atoms with E-state index in [1.165, 1.54) is 153 Å². The second kappa shape index (κ2) is 22.2. The monoisotopic (exact) mass is 1240 g/mol. The lowest BCUT2D eigenvalue weighted by molar-refractivity contribution is 0.442. The van der Waals surface area contributed by atoms with Crippen molar-refractivity contribution in [1.29, 1.82) is 0 Å². The molecule has 0 atom stereocenters. The van der Waals surface area contributed by atoms with Crippen molar-refractivity contribution in [1.82, 2.24) is 0 Å². The predicted octanol–water partition coefficient (Wildman–Crippen LogP) is 26.2. The van der Waals surface area contributed by atoms with Crippen molar-refractivity contribution in [2.24, 2.45) is 0 Å². The van der Waals surface area contributed by atoms with E-state index in [1.54, 1.807) is 0 Å². The summed E-state index contributed by atoms with van der Waals surface area (Å²) < 4.78 is 15.1. The number of anilines is 9. The maximum atomic E-state index is 7.56. The molecule has 1 aliphatic heterocycles. The number of nitrogens with zero attached hydrogens (tertiary/aromatic N) is 3. The van der Waals surface area contributed by atoms with Crippen molar-refractivity contribution in [3.63, 3.8) is 0 Å². The first-order valence-electron chi connectivity index (χ1n) is 35.1. The van der Waals surface area contributed by atoms with E-state index in [9.17, 15) is 0 Å². The Morgan fingerprint density at radius 3 is 1.15 bits per heavy atom. The first-order valence-corrected chi connectivity index (χ1v) is 35.1. The van der Waals surface area contributed by atoms with Crippen molar-refractivity contribution in [2.45, 2.75) is 109 Å². The van der Waals surface area contributed by atoms with Crippen molar-refractivity contribution in [2.75, 3.05) is 14.7 Å². The highest BCUT2D eigenvalue weighted by atomic mass is 16.3. The minimum atomic E-state index is -0.900. The molecule has 19 rings (SSSR count). The lowest BCUT2D eigenvalue weighted by atomic mass is 9.64. The maximum absolute atomic E-state index is 7.56. The summed E-state index contributed by atoms with van der Waals surface area (Å²) in [5, 5.41) is 9.34. The number of aryl methyl sites for hydroxylation is 4. The Morgan fingerprint density at radius 2 is 0.698 bits per heavy atom. The Bertz CT molecular complexity index is 5330. The summed E-state index contributed by atoms with van der Waals surface area (Å²) in [4.78, 5) is 7.64. The molecule has 5 nitrogen and oxygen atoms in total. The van der Waals surface area contributed by atoms with Crippen LogP contribution < -0.4 is 14.7 Å². The summed E-state index contributed by atoms with van der Waals surface area (Å²) in [6.07, 6.45) is 12.4. The molecule has 2 saturated carbocycles. The van der Waals surface area contributed by atoms with Gasteiger partial charge in [0.2, 0.25) is 0 Å². The molecule has 96 heavy (non-hydrogen) atoms. The summed E-state index contributed by atoms with van der Waals surface area (Å²) in [6, 6.07) is 94.8. The highest BCUT2D eigenvalue weighted by Crippen LogP contribution is 2.68. The summed E-state index contributed by atoms with van der Waals surface area (Å²) in [5.41, 5.74) is 27.7. The molecule has 0 saturated heterocycles. The number of para-hydroxylation sites is 7. The van der Waals surface area contributed by atoms with E-state index in [2.05, 4.69) is 291 Å². The molecule has 3 heterocycles. The molecule has 0 radical (unpaired) electrons. The molecule has 0 amide bonds. The topological polar surface area (TPSA) is 36.0 Å². The Labute approximate surface area is 561 Å². The molecule has 2 fully saturated rings. The molecule has 4 aliphatic rings. The van der Waals surface area contributed by atoms with Gasteiger partial charge in [-0.1, -0.05) is 238 Å². The molecule has 3 aliphatic carbocycles. The van der Waals surface area contributed by atoms with Gasteiger partial charge in [-0.05, 0) is 192 Å². The van der Waals surface area contributed by atoms with E-state index < -0.39 is 5.41 Å². The molecule has 0 N–H and O–H groups in total. The number of rotatable bonds is 9. The molecule has 2 aromatic heterocycles. The molecule has 0 unspecified atom stereocenters. The van der Waals surface area contributed by atoms with E-state index in [0.29, 0.717) is 11.8 Å². The Balaban J connectivity index is 0.948. The van der Waals surface area contributed by atoms with E-state index in [4.69, 9.17) is 8.83 Å². The second-order valence-corrected chi connectivity index (χ2v) is 28.1. The van der Waals surface area contributed by atoms with Gasteiger partial charge >= 0.3 is 0 Å². The van der Waals surface area contributed by atoms with Gasteiger partial charge in [-0.25, -0.2) is 0 Å². The van der Waals surface area contributed by atoms with Crippen LogP contribution in [0.3, 0.4) is 0 Å². The normalized spacial score (nSPS) is 15.3. The SMILES string of the molecule is Cc1ccc(N(c2cc3c(c4ccccc24)-c2c(cc(N(c4ccc(C)cc4C)c4cccc5c4oc4c(C6CCCCC6)cccc45)c4ccccc24)C32c3ccccc3N(c3ccccc3)c3ccccc32)c2cccc3c2oc2c(C4CCCCC4)cccc23)c(C)c1. The molecule has 15 aromatic rings. The van der Waals surface area contributed by atoms with Gasteiger partial charge in [-0.3, -0.25) is 0 Å². The second-order valence-electron chi connectivity index (χ2n) is 28.1. The molecular formula is C91H75N3O2. The summed E-state index contributed by atoms with van der Waals surface area (Å²) in [6.45, 7) is 8.98. The van der Waals surface area contributed by atoms with Gasteiger partial charge in [0.1, 0.15) is 11.2 Å². The smallest absolute Gasteiger partial charge is 0.159 e. The largest absolute Gasteiger partial charge is 0.454 e. The van der Waals surface area contributed by atoms with Gasteiger partial charge in [-0.15, -0.1) is 0 Å². The van der Waals surface area contributed by atoms with E-state index >= 15 is 0 Å². The third-order valence-corrected chi connectivity index (χ3v) is 22.5. The van der Waals surface area contributed by atoms with Gasteiger partial charge < -0.3 is 23.5 Å². The predicted molar refractivity (Wildman–Crippen MR) is 402 cm³/mol. The van der Waals surface area contributed by atoms with E-state index in [0.717, 1.165) is 95.1 Å².